The minimum absolute atomic E-state index is 0.154. The van der Waals surface area contributed by atoms with Gasteiger partial charge in [-0.3, -0.25) is 9.59 Å². The van der Waals surface area contributed by atoms with Crippen LogP contribution in [0.2, 0.25) is 0 Å². The average Bonchev–Trinajstić information content (AvgIpc) is 3.57. The third kappa shape index (κ3) is 8.69. The number of carbonyl (C=O) groups is 4. The summed E-state index contributed by atoms with van der Waals surface area (Å²) in [5, 5.41) is 8.56. The largest absolute Gasteiger partial charge is 0.493 e. The van der Waals surface area contributed by atoms with Gasteiger partial charge in [-0.1, -0.05) is 30.3 Å². The number of methoxy groups -OCH3 is 2. The summed E-state index contributed by atoms with van der Waals surface area (Å²) in [6, 6.07) is 19.7. The van der Waals surface area contributed by atoms with Crippen molar-refractivity contribution in [3.8, 4) is 22.9 Å². The summed E-state index contributed by atoms with van der Waals surface area (Å²) in [6.07, 6.45) is 4.16. The maximum absolute atomic E-state index is 13.5. The molecular weight excluding hydrogens is 616 g/mol. The number of amides is 4. The van der Waals surface area contributed by atoms with Crippen LogP contribution in [0.25, 0.3) is 11.4 Å². The van der Waals surface area contributed by atoms with Crippen LogP contribution in [0.4, 0.5) is 10.5 Å². The number of ether oxygens (including phenoxy) is 3. The smallest absolute Gasteiger partial charge is 0.337 e. The second-order valence-electron chi connectivity index (χ2n) is 11.0. The molecule has 13 nitrogen and oxygen atoms in total. The molecule has 0 radical (unpaired) electrons. The molecule has 2 bridgehead atoms. The molecule has 0 unspecified atom stereocenters. The average molecular weight is 655 g/mol. The van der Waals surface area contributed by atoms with Crippen molar-refractivity contribution in [2.75, 3.05) is 45.8 Å². The highest BCUT2D eigenvalue weighted by Crippen LogP contribution is 2.32. The molecule has 1 atom stereocenters. The zero-order valence-electron chi connectivity index (χ0n) is 26.8. The lowest BCUT2D eigenvalue weighted by Gasteiger charge is -2.25. The molecule has 3 aromatic carbocycles. The fraction of sp³-hybridized carbons (Fsp3) is 0.286. The standard InChI is InChI=1S/C35H38N6O7/c1-46-29-14-11-26-22-30(29)48-20-6-17-41(35(45)38-27-12-9-25(10-13-27)34(44)47-2)23-31(42)39-28(21-24-7-4-3-5-8-24)33(43)37-16-19-40-18-15-36-32(26)40/h3-5,7-15,18,22,28H,6,16-17,19-21,23H2,1-2H3,(H,37,43)(H,38,45)(H,39,42)/t28-/m0/s1. The van der Waals surface area contributed by atoms with Crippen LogP contribution in [0.3, 0.4) is 0 Å². The minimum Gasteiger partial charge on any atom is -0.493 e. The number of hydrogen-bond acceptors (Lipinski definition) is 8. The van der Waals surface area contributed by atoms with Crippen LogP contribution in [0.5, 0.6) is 11.5 Å². The maximum Gasteiger partial charge on any atom is 0.337 e. The van der Waals surface area contributed by atoms with Gasteiger partial charge in [0, 0.05) is 49.7 Å². The highest BCUT2D eigenvalue weighted by molar-refractivity contribution is 5.95. The van der Waals surface area contributed by atoms with E-state index in [2.05, 4.69) is 20.9 Å². The van der Waals surface area contributed by atoms with Gasteiger partial charge in [0.05, 0.1) is 26.4 Å². The molecule has 48 heavy (non-hydrogen) atoms. The molecule has 4 aromatic rings. The Morgan fingerprint density at radius 1 is 1.02 bits per heavy atom. The number of carbonyl (C=O) groups excluding carboxylic acids is 4. The van der Waals surface area contributed by atoms with Crippen molar-refractivity contribution in [1.29, 1.82) is 0 Å². The Labute approximate surface area is 278 Å². The van der Waals surface area contributed by atoms with Crippen molar-refractivity contribution < 1.29 is 33.4 Å². The highest BCUT2D eigenvalue weighted by Gasteiger charge is 2.25. The summed E-state index contributed by atoms with van der Waals surface area (Å²) in [4.78, 5) is 58.1. The first-order valence-electron chi connectivity index (χ1n) is 15.5. The van der Waals surface area contributed by atoms with Crippen molar-refractivity contribution in [3.63, 3.8) is 0 Å². The van der Waals surface area contributed by atoms with E-state index in [1.54, 1.807) is 31.5 Å². The Balaban J connectivity index is 1.40. The molecule has 250 valence electrons. The third-order valence-corrected chi connectivity index (χ3v) is 7.73. The van der Waals surface area contributed by atoms with Gasteiger partial charge in [0.2, 0.25) is 11.8 Å². The summed E-state index contributed by atoms with van der Waals surface area (Å²) < 4.78 is 18.3. The second kappa shape index (κ2) is 16.1. The predicted octanol–water partition coefficient (Wildman–Crippen LogP) is 3.51. The zero-order chi connectivity index (χ0) is 33.9. The van der Waals surface area contributed by atoms with Gasteiger partial charge >= 0.3 is 12.0 Å². The van der Waals surface area contributed by atoms with Crippen LogP contribution in [0.1, 0.15) is 22.3 Å². The van der Waals surface area contributed by atoms with Crippen LogP contribution >= 0.6 is 0 Å². The number of urea groups is 1. The lowest BCUT2D eigenvalue weighted by atomic mass is 10.1. The van der Waals surface area contributed by atoms with Gasteiger partial charge in [-0.25, -0.2) is 14.6 Å². The number of rotatable bonds is 5. The molecule has 0 saturated heterocycles. The molecule has 5 rings (SSSR count). The first kappa shape index (κ1) is 33.5. The normalized spacial score (nSPS) is 15.8. The fourth-order valence-corrected chi connectivity index (χ4v) is 5.27. The molecule has 3 N–H and O–H groups in total. The monoisotopic (exact) mass is 654 g/mol. The van der Waals surface area contributed by atoms with Gasteiger partial charge < -0.3 is 39.6 Å². The number of nitrogens with zero attached hydrogens (tertiary/aromatic N) is 3. The van der Waals surface area contributed by atoms with Gasteiger partial charge in [0.25, 0.3) is 0 Å². The number of esters is 1. The molecule has 1 aliphatic rings. The van der Waals surface area contributed by atoms with Crippen LogP contribution in [-0.4, -0.2) is 84.8 Å². The van der Waals surface area contributed by atoms with Crippen molar-refractivity contribution in [2.45, 2.75) is 25.4 Å². The molecule has 0 fully saturated rings. The first-order chi connectivity index (χ1) is 23.3. The Morgan fingerprint density at radius 2 is 1.81 bits per heavy atom. The van der Waals surface area contributed by atoms with E-state index in [9.17, 15) is 19.2 Å². The number of hydrogen-bond donors (Lipinski definition) is 3. The molecular formula is C35H38N6O7. The predicted molar refractivity (Wildman–Crippen MR) is 178 cm³/mol. The molecule has 1 aromatic heterocycles. The number of aromatic nitrogens is 2. The van der Waals surface area contributed by atoms with Crippen molar-refractivity contribution in [2.24, 2.45) is 0 Å². The minimum atomic E-state index is -0.885. The van der Waals surface area contributed by atoms with Crippen molar-refractivity contribution in [1.82, 2.24) is 25.1 Å². The molecule has 4 amide bonds. The summed E-state index contributed by atoms with van der Waals surface area (Å²) in [5.41, 5.74) is 2.42. The number of imidazole rings is 1. The van der Waals surface area contributed by atoms with Gasteiger partial charge in [-0.2, -0.15) is 0 Å². The van der Waals surface area contributed by atoms with E-state index in [1.165, 1.54) is 24.1 Å². The Bertz CT molecular complexity index is 1720. The fourth-order valence-electron chi connectivity index (χ4n) is 5.27. The lowest BCUT2D eigenvalue weighted by Crippen LogP contribution is -2.52. The lowest BCUT2D eigenvalue weighted by molar-refractivity contribution is -0.129. The van der Waals surface area contributed by atoms with Gasteiger partial charge in [0.1, 0.15) is 18.4 Å². The van der Waals surface area contributed by atoms with E-state index < -0.39 is 23.9 Å². The van der Waals surface area contributed by atoms with Crippen LogP contribution in [0, 0.1) is 0 Å². The van der Waals surface area contributed by atoms with E-state index in [1.807, 2.05) is 53.2 Å². The van der Waals surface area contributed by atoms with Crippen LogP contribution in [-0.2, 0) is 27.3 Å². The third-order valence-electron chi connectivity index (χ3n) is 7.73. The van der Waals surface area contributed by atoms with E-state index in [4.69, 9.17) is 14.2 Å². The first-order valence-corrected chi connectivity index (χ1v) is 15.5. The van der Waals surface area contributed by atoms with E-state index in [0.717, 1.165) is 11.1 Å². The maximum atomic E-state index is 13.5. The highest BCUT2D eigenvalue weighted by atomic mass is 16.5. The van der Waals surface area contributed by atoms with Gasteiger partial charge in [0.15, 0.2) is 11.5 Å². The number of anilines is 1. The summed E-state index contributed by atoms with van der Waals surface area (Å²) in [7, 11) is 2.84. The molecule has 13 heteroatoms. The Hall–Kier alpha value is -5.85. The van der Waals surface area contributed by atoms with Gasteiger partial charge in [-0.05, 0) is 54.4 Å². The van der Waals surface area contributed by atoms with Crippen LogP contribution < -0.4 is 25.4 Å². The topological polar surface area (TPSA) is 153 Å². The SMILES string of the molecule is COC(=O)c1ccc(NC(=O)N2CCCOc3cc(ccc3OC)-c3nccn3CCNC(=O)[C@H](Cc3ccccc3)NC(=O)C2)cc1. The van der Waals surface area contributed by atoms with E-state index >= 15 is 0 Å². The summed E-state index contributed by atoms with van der Waals surface area (Å²) >= 11 is 0. The number of fused-ring (bicyclic) bond motifs is 4. The van der Waals surface area contributed by atoms with E-state index in [0.29, 0.717) is 41.5 Å². The van der Waals surface area contributed by atoms with Crippen molar-refractivity contribution >= 4 is 29.5 Å². The Morgan fingerprint density at radius 3 is 2.56 bits per heavy atom. The molecule has 0 aliphatic carbocycles. The molecule has 2 heterocycles. The van der Waals surface area contributed by atoms with Crippen LogP contribution in [0.15, 0.2) is 85.2 Å². The van der Waals surface area contributed by atoms with E-state index in [-0.39, 0.29) is 38.6 Å². The number of nitrogens with one attached hydrogen (secondary N) is 3. The quantitative estimate of drug-likeness (QED) is 0.277. The molecule has 0 spiro atoms. The zero-order valence-corrected chi connectivity index (χ0v) is 26.8. The molecule has 0 saturated carbocycles. The summed E-state index contributed by atoms with van der Waals surface area (Å²) in [5.74, 6) is 0.370. The number of benzene rings is 3. The second-order valence-corrected chi connectivity index (χ2v) is 11.0. The molecule has 1 aliphatic heterocycles. The van der Waals surface area contributed by atoms with Crippen molar-refractivity contribution in [3.05, 3.63) is 96.3 Å². The summed E-state index contributed by atoms with van der Waals surface area (Å²) in [6.45, 7) is 0.770. The van der Waals surface area contributed by atoms with Gasteiger partial charge in [-0.15, -0.1) is 0 Å². The Kier molecular flexibility index (Phi) is 11.3.